The number of esters is 1. The highest BCUT2D eigenvalue weighted by Gasteiger charge is 2.11. The zero-order valence-corrected chi connectivity index (χ0v) is 14.5. The summed E-state index contributed by atoms with van der Waals surface area (Å²) in [7, 11) is 0. The van der Waals surface area contributed by atoms with Crippen molar-refractivity contribution in [1.82, 2.24) is 0 Å². The number of fused-ring (bicyclic) bond motifs is 1. The van der Waals surface area contributed by atoms with E-state index < -0.39 is 11.9 Å². The van der Waals surface area contributed by atoms with Crippen LogP contribution in [0.1, 0.15) is 10.4 Å². The van der Waals surface area contributed by atoms with E-state index in [0.29, 0.717) is 5.75 Å². The lowest BCUT2D eigenvalue weighted by atomic mass is 10.1. The molecule has 0 aliphatic carbocycles. The third kappa shape index (κ3) is 3.97. The summed E-state index contributed by atoms with van der Waals surface area (Å²) in [5, 5.41) is 10.9. The van der Waals surface area contributed by atoms with Gasteiger partial charge in [-0.2, -0.15) is 0 Å². The molecule has 0 aromatic heterocycles. The van der Waals surface area contributed by atoms with Gasteiger partial charge >= 0.3 is 11.9 Å². The third-order valence-electron chi connectivity index (χ3n) is 3.51. The number of carboxylic acid groups (broad SMARTS) is 1. The van der Waals surface area contributed by atoms with Gasteiger partial charge in [0.25, 0.3) is 0 Å². The van der Waals surface area contributed by atoms with E-state index in [1.165, 1.54) is 24.3 Å². The molecule has 0 fully saturated rings. The summed E-state index contributed by atoms with van der Waals surface area (Å²) < 4.78 is 11.4. The van der Waals surface area contributed by atoms with Gasteiger partial charge in [0.2, 0.25) is 0 Å². The van der Waals surface area contributed by atoms with Crippen LogP contribution in [0.15, 0.2) is 65.1 Å². The average molecular weight is 401 g/mol. The normalized spacial score (nSPS) is 10.4. The molecule has 0 aliphatic heterocycles. The molecule has 0 saturated carbocycles. The Balaban J connectivity index is 1.64. The fourth-order valence-electron chi connectivity index (χ4n) is 2.29. The van der Waals surface area contributed by atoms with Crippen molar-refractivity contribution < 1.29 is 24.2 Å². The molecule has 5 nitrogen and oxygen atoms in total. The molecule has 3 aromatic rings. The van der Waals surface area contributed by atoms with Crippen LogP contribution in [-0.4, -0.2) is 23.7 Å². The number of hydrogen-bond acceptors (Lipinski definition) is 4. The van der Waals surface area contributed by atoms with Crippen molar-refractivity contribution in [2.45, 2.75) is 0 Å². The zero-order valence-electron chi connectivity index (χ0n) is 12.9. The van der Waals surface area contributed by atoms with Crippen LogP contribution >= 0.6 is 15.9 Å². The number of hydrogen-bond donors (Lipinski definition) is 1. The minimum atomic E-state index is -1.04. The summed E-state index contributed by atoms with van der Waals surface area (Å²) >= 11 is 3.49. The molecule has 0 unspecified atom stereocenters. The first-order valence-electron chi connectivity index (χ1n) is 7.38. The van der Waals surface area contributed by atoms with Crippen LogP contribution in [-0.2, 0) is 4.79 Å². The molecule has 0 spiro atoms. The van der Waals surface area contributed by atoms with E-state index >= 15 is 0 Å². The van der Waals surface area contributed by atoms with Gasteiger partial charge in [0.15, 0.2) is 6.61 Å². The minimum absolute atomic E-state index is 0.121. The van der Waals surface area contributed by atoms with Crippen molar-refractivity contribution in [1.29, 1.82) is 0 Å². The van der Waals surface area contributed by atoms with Gasteiger partial charge < -0.3 is 14.6 Å². The van der Waals surface area contributed by atoms with Crippen LogP contribution in [0.4, 0.5) is 0 Å². The molecular weight excluding hydrogens is 388 g/mol. The zero-order chi connectivity index (χ0) is 17.8. The topological polar surface area (TPSA) is 72.8 Å². The first kappa shape index (κ1) is 17.0. The fourth-order valence-corrected chi connectivity index (χ4v) is 2.90. The molecule has 126 valence electrons. The van der Waals surface area contributed by atoms with Crippen molar-refractivity contribution in [2.75, 3.05) is 6.61 Å². The maximum Gasteiger partial charge on any atom is 0.349 e. The molecule has 0 saturated heterocycles. The molecule has 1 N–H and O–H groups in total. The Morgan fingerprint density at radius 3 is 2.40 bits per heavy atom. The van der Waals surface area contributed by atoms with Crippen LogP contribution in [0.2, 0.25) is 0 Å². The smallest absolute Gasteiger partial charge is 0.349 e. The molecule has 3 aromatic carbocycles. The number of carboxylic acids is 1. The summed E-state index contributed by atoms with van der Waals surface area (Å²) in [6.45, 7) is -0.266. The summed E-state index contributed by atoms with van der Waals surface area (Å²) in [4.78, 5) is 22.7. The Labute approximate surface area is 151 Å². The molecule has 25 heavy (non-hydrogen) atoms. The van der Waals surface area contributed by atoms with E-state index in [4.69, 9.17) is 14.6 Å². The number of carbonyl (C=O) groups is 2. The summed E-state index contributed by atoms with van der Waals surface area (Å²) in [6.07, 6.45) is 0. The van der Waals surface area contributed by atoms with E-state index in [-0.39, 0.29) is 17.9 Å². The predicted molar refractivity (Wildman–Crippen MR) is 96.2 cm³/mol. The van der Waals surface area contributed by atoms with Crippen LogP contribution in [0.5, 0.6) is 11.5 Å². The number of benzene rings is 3. The van der Waals surface area contributed by atoms with Gasteiger partial charge in [0.1, 0.15) is 11.5 Å². The molecule has 0 bridgehead atoms. The second kappa shape index (κ2) is 7.36. The molecule has 0 atom stereocenters. The lowest BCUT2D eigenvalue weighted by Crippen LogP contribution is -2.17. The van der Waals surface area contributed by atoms with E-state index in [9.17, 15) is 9.59 Å². The standard InChI is InChI=1S/C19H13BrO5/c20-18-15-4-2-1-3-12(15)7-10-16(18)24-11-17(21)25-14-8-5-13(6-9-14)19(22)23/h1-10H,11H2,(H,22,23). The maximum atomic E-state index is 11.9. The molecule has 0 amide bonds. The molecule has 0 radical (unpaired) electrons. The van der Waals surface area contributed by atoms with Crippen LogP contribution in [0.3, 0.4) is 0 Å². The Bertz CT molecular complexity index is 934. The second-order valence-corrected chi connectivity index (χ2v) is 5.98. The molecular formula is C19H13BrO5. The minimum Gasteiger partial charge on any atom is -0.481 e. The largest absolute Gasteiger partial charge is 0.481 e. The third-order valence-corrected chi connectivity index (χ3v) is 4.32. The SMILES string of the molecule is O=C(COc1ccc2ccccc2c1Br)Oc1ccc(C(=O)O)cc1. The van der Waals surface area contributed by atoms with Crippen molar-refractivity contribution in [3.05, 3.63) is 70.7 Å². The van der Waals surface area contributed by atoms with E-state index in [1.807, 2.05) is 30.3 Å². The van der Waals surface area contributed by atoms with Gasteiger partial charge in [-0.05, 0) is 57.0 Å². The quantitative estimate of drug-likeness (QED) is 0.510. The van der Waals surface area contributed by atoms with Gasteiger partial charge in [-0.3, -0.25) is 0 Å². The highest BCUT2D eigenvalue weighted by Crippen LogP contribution is 2.33. The number of carbonyl (C=O) groups excluding carboxylic acids is 1. The second-order valence-electron chi connectivity index (χ2n) is 5.19. The van der Waals surface area contributed by atoms with E-state index in [1.54, 1.807) is 6.07 Å². The Morgan fingerprint density at radius 1 is 0.960 bits per heavy atom. The van der Waals surface area contributed by atoms with Crippen molar-refractivity contribution in [3.63, 3.8) is 0 Å². The van der Waals surface area contributed by atoms with Gasteiger partial charge in [0.05, 0.1) is 10.0 Å². The van der Waals surface area contributed by atoms with Crippen LogP contribution < -0.4 is 9.47 Å². The summed E-state index contributed by atoms with van der Waals surface area (Å²) in [6, 6.07) is 17.1. The van der Waals surface area contributed by atoms with Gasteiger partial charge in [-0.15, -0.1) is 0 Å². The Hall–Kier alpha value is -2.86. The lowest BCUT2D eigenvalue weighted by molar-refractivity contribution is -0.136. The Morgan fingerprint density at radius 2 is 1.68 bits per heavy atom. The average Bonchev–Trinajstić information content (AvgIpc) is 2.62. The fraction of sp³-hybridized carbons (Fsp3) is 0.0526. The van der Waals surface area contributed by atoms with E-state index in [0.717, 1.165) is 15.2 Å². The van der Waals surface area contributed by atoms with Gasteiger partial charge in [-0.1, -0.05) is 30.3 Å². The molecule has 3 rings (SSSR count). The van der Waals surface area contributed by atoms with Gasteiger partial charge in [-0.25, -0.2) is 9.59 Å². The number of rotatable bonds is 5. The highest BCUT2D eigenvalue weighted by atomic mass is 79.9. The number of ether oxygens (including phenoxy) is 2. The van der Waals surface area contributed by atoms with Gasteiger partial charge in [0, 0.05) is 0 Å². The number of aromatic carboxylic acids is 1. The van der Waals surface area contributed by atoms with Crippen LogP contribution in [0.25, 0.3) is 10.8 Å². The summed E-state index contributed by atoms with van der Waals surface area (Å²) in [5.41, 5.74) is 0.121. The molecule has 0 heterocycles. The summed E-state index contributed by atoms with van der Waals surface area (Å²) in [5.74, 6) is -0.821. The molecule has 0 aliphatic rings. The van der Waals surface area contributed by atoms with Crippen molar-refractivity contribution in [3.8, 4) is 11.5 Å². The predicted octanol–water partition coefficient (Wildman–Crippen LogP) is 4.28. The van der Waals surface area contributed by atoms with E-state index in [2.05, 4.69) is 15.9 Å². The first-order valence-corrected chi connectivity index (χ1v) is 8.18. The van der Waals surface area contributed by atoms with Crippen molar-refractivity contribution in [2.24, 2.45) is 0 Å². The maximum absolute atomic E-state index is 11.9. The highest BCUT2D eigenvalue weighted by molar-refractivity contribution is 9.10. The Kier molecular flexibility index (Phi) is 5.00. The molecule has 6 heteroatoms. The van der Waals surface area contributed by atoms with Crippen molar-refractivity contribution >= 4 is 38.6 Å². The lowest BCUT2D eigenvalue weighted by Gasteiger charge is -2.10. The number of halogens is 1. The van der Waals surface area contributed by atoms with Crippen LogP contribution in [0, 0.1) is 0 Å². The first-order chi connectivity index (χ1) is 12.0. The monoisotopic (exact) mass is 400 g/mol.